The number of amides is 1. The van der Waals surface area contributed by atoms with Gasteiger partial charge in [0.1, 0.15) is 5.75 Å². The van der Waals surface area contributed by atoms with Crippen LogP contribution in [0.2, 0.25) is 0 Å². The van der Waals surface area contributed by atoms with Gasteiger partial charge in [0, 0.05) is 19.6 Å². The molecule has 35 heavy (non-hydrogen) atoms. The fourth-order valence-electron chi connectivity index (χ4n) is 3.96. The van der Waals surface area contributed by atoms with E-state index >= 15 is 0 Å². The molecule has 1 aliphatic rings. The number of nitrogens with one attached hydrogen (secondary N) is 1. The van der Waals surface area contributed by atoms with Crippen LogP contribution in [0, 0.1) is 5.92 Å². The van der Waals surface area contributed by atoms with E-state index in [-0.39, 0.29) is 11.4 Å². The summed E-state index contributed by atoms with van der Waals surface area (Å²) >= 11 is 0. The SMILES string of the molecule is COc1ccc(S(=O)(=O)N(Cc2ccccc2)C(C(=O)NOC(C)(C)C)N2CCC(C)CC2)cc1. The lowest BCUT2D eigenvalue weighted by Crippen LogP contribution is -2.60. The van der Waals surface area contributed by atoms with Gasteiger partial charge in [0.05, 0.1) is 17.6 Å². The van der Waals surface area contributed by atoms with Crippen molar-refractivity contribution in [2.45, 2.75) is 63.7 Å². The van der Waals surface area contributed by atoms with Gasteiger partial charge in [-0.15, -0.1) is 0 Å². The van der Waals surface area contributed by atoms with E-state index in [2.05, 4.69) is 12.4 Å². The average molecular weight is 504 g/mol. The third-order valence-electron chi connectivity index (χ3n) is 5.98. The molecule has 0 radical (unpaired) electrons. The van der Waals surface area contributed by atoms with Crippen LogP contribution >= 0.6 is 0 Å². The highest BCUT2D eigenvalue weighted by Gasteiger charge is 2.41. The first kappa shape index (κ1) is 27.1. The predicted octanol–water partition coefficient (Wildman–Crippen LogP) is 3.79. The Kier molecular flexibility index (Phi) is 8.93. The summed E-state index contributed by atoms with van der Waals surface area (Å²) < 4.78 is 34.5. The van der Waals surface area contributed by atoms with Gasteiger partial charge in [-0.05, 0) is 69.4 Å². The van der Waals surface area contributed by atoms with Crippen molar-refractivity contribution in [3.63, 3.8) is 0 Å². The predicted molar refractivity (Wildman–Crippen MR) is 135 cm³/mol. The highest BCUT2D eigenvalue weighted by molar-refractivity contribution is 7.89. The summed E-state index contributed by atoms with van der Waals surface area (Å²) in [5, 5.41) is 0. The first-order valence-corrected chi connectivity index (χ1v) is 13.4. The van der Waals surface area contributed by atoms with Gasteiger partial charge in [0.2, 0.25) is 10.0 Å². The zero-order valence-corrected chi connectivity index (χ0v) is 22.0. The number of nitrogens with zero attached hydrogens (tertiary/aromatic N) is 2. The zero-order valence-electron chi connectivity index (χ0n) is 21.2. The van der Waals surface area contributed by atoms with Crippen molar-refractivity contribution < 1.29 is 22.8 Å². The Hall–Kier alpha value is -2.46. The minimum atomic E-state index is -4.07. The van der Waals surface area contributed by atoms with Crippen molar-refractivity contribution in [1.82, 2.24) is 14.7 Å². The van der Waals surface area contributed by atoms with Crippen LogP contribution in [0.1, 0.15) is 46.1 Å². The molecule has 1 atom stereocenters. The fraction of sp³-hybridized carbons (Fsp3) is 0.500. The lowest BCUT2D eigenvalue weighted by molar-refractivity contribution is -0.156. The van der Waals surface area contributed by atoms with E-state index in [1.165, 1.54) is 23.5 Å². The molecule has 192 valence electrons. The van der Waals surface area contributed by atoms with Crippen molar-refractivity contribution >= 4 is 15.9 Å². The van der Waals surface area contributed by atoms with Gasteiger partial charge in [-0.25, -0.2) is 13.9 Å². The van der Waals surface area contributed by atoms with E-state index in [1.54, 1.807) is 12.1 Å². The monoisotopic (exact) mass is 503 g/mol. The number of benzene rings is 2. The summed E-state index contributed by atoms with van der Waals surface area (Å²) in [4.78, 5) is 21.2. The molecule has 0 aromatic heterocycles. The quantitative estimate of drug-likeness (QED) is 0.524. The number of ether oxygens (including phenoxy) is 1. The second-order valence-electron chi connectivity index (χ2n) is 9.98. The van der Waals surface area contributed by atoms with Gasteiger partial charge in [-0.1, -0.05) is 37.3 Å². The standard InChI is InChI=1S/C26H37N3O5S/c1-20-15-17-28(18-16-20)25(24(30)27-34-26(2,3)4)29(19-21-9-7-6-8-10-21)35(31,32)23-13-11-22(33-5)12-14-23/h6-14,20,25H,15-19H2,1-5H3,(H,27,30). The maximum absolute atomic E-state index is 14.0. The number of piperidine rings is 1. The number of methoxy groups -OCH3 is 1. The van der Waals surface area contributed by atoms with Gasteiger partial charge in [0.15, 0.2) is 6.17 Å². The second-order valence-corrected chi connectivity index (χ2v) is 11.9. The van der Waals surface area contributed by atoms with Gasteiger partial charge >= 0.3 is 0 Å². The van der Waals surface area contributed by atoms with Crippen molar-refractivity contribution in [2.75, 3.05) is 20.2 Å². The van der Waals surface area contributed by atoms with Gasteiger partial charge < -0.3 is 4.74 Å². The number of likely N-dealkylation sites (tertiary alicyclic amines) is 1. The van der Waals surface area contributed by atoms with E-state index in [9.17, 15) is 13.2 Å². The molecule has 2 aromatic rings. The maximum Gasteiger partial charge on any atom is 0.276 e. The molecule has 1 heterocycles. The molecule has 2 aromatic carbocycles. The topological polar surface area (TPSA) is 88.2 Å². The molecular formula is C26H37N3O5S. The summed E-state index contributed by atoms with van der Waals surface area (Å²) in [6, 6.07) is 15.5. The number of hydrogen-bond acceptors (Lipinski definition) is 6. The van der Waals surface area contributed by atoms with E-state index in [1.807, 2.05) is 56.0 Å². The van der Waals surface area contributed by atoms with Crippen LogP contribution in [-0.4, -0.2) is 55.5 Å². The van der Waals surface area contributed by atoms with Crippen molar-refractivity contribution in [2.24, 2.45) is 5.92 Å². The van der Waals surface area contributed by atoms with Gasteiger partial charge in [0.25, 0.3) is 5.91 Å². The second kappa shape index (κ2) is 11.5. The minimum absolute atomic E-state index is 0.0366. The van der Waals surface area contributed by atoms with Crippen molar-refractivity contribution in [1.29, 1.82) is 0 Å². The van der Waals surface area contributed by atoms with E-state index in [4.69, 9.17) is 9.57 Å². The highest BCUT2D eigenvalue weighted by Crippen LogP contribution is 2.28. The number of hydroxylamine groups is 1. The molecule has 0 bridgehead atoms. The Morgan fingerprint density at radius 2 is 1.69 bits per heavy atom. The van der Waals surface area contributed by atoms with Crippen LogP contribution in [-0.2, 0) is 26.2 Å². The molecular weight excluding hydrogens is 466 g/mol. The third-order valence-corrected chi connectivity index (χ3v) is 7.79. The lowest BCUT2D eigenvalue weighted by Gasteiger charge is -2.41. The molecule has 8 nitrogen and oxygen atoms in total. The molecule has 1 unspecified atom stereocenters. The third kappa shape index (κ3) is 7.27. The van der Waals surface area contributed by atoms with Crippen LogP contribution < -0.4 is 10.2 Å². The van der Waals surface area contributed by atoms with E-state index in [0.29, 0.717) is 24.8 Å². The summed E-state index contributed by atoms with van der Waals surface area (Å²) in [5.74, 6) is 0.556. The molecule has 1 aliphatic heterocycles. The Balaban J connectivity index is 2.05. The Morgan fingerprint density at radius 1 is 1.09 bits per heavy atom. The normalized spacial score (nSPS) is 16.7. The molecule has 1 amide bonds. The molecule has 0 aliphatic carbocycles. The summed E-state index contributed by atoms with van der Waals surface area (Å²) in [7, 11) is -2.54. The molecule has 3 rings (SSSR count). The Labute approximate surface area is 209 Å². The number of rotatable bonds is 9. The summed E-state index contributed by atoms with van der Waals surface area (Å²) in [6.07, 6.45) is 0.689. The summed E-state index contributed by atoms with van der Waals surface area (Å²) in [5.41, 5.74) is 2.69. The molecule has 0 saturated carbocycles. The smallest absolute Gasteiger partial charge is 0.276 e. The molecule has 1 fully saturated rings. The fourth-order valence-corrected chi connectivity index (χ4v) is 5.52. The Morgan fingerprint density at radius 3 is 2.23 bits per heavy atom. The lowest BCUT2D eigenvalue weighted by atomic mass is 9.99. The largest absolute Gasteiger partial charge is 0.497 e. The van der Waals surface area contributed by atoms with E-state index < -0.39 is 27.7 Å². The highest BCUT2D eigenvalue weighted by atomic mass is 32.2. The number of hydrogen-bond donors (Lipinski definition) is 1. The average Bonchev–Trinajstić information content (AvgIpc) is 2.83. The van der Waals surface area contributed by atoms with Crippen molar-refractivity contribution in [3.05, 3.63) is 60.2 Å². The van der Waals surface area contributed by atoms with Gasteiger partial charge in [-0.3, -0.25) is 14.5 Å². The molecule has 1 saturated heterocycles. The van der Waals surface area contributed by atoms with Crippen LogP contribution in [0.15, 0.2) is 59.5 Å². The number of carbonyl (C=O) groups is 1. The van der Waals surface area contributed by atoms with Crippen LogP contribution in [0.5, 0.6) is 5.75 Å². The van der Waals surface area contributed by atoms with Crippen LogP contribution in [0.25, 0.3) is 0 Å². The van der Waals surface area contributed by atoms with Crippen LogP contribution in [0.4, 0.5) is 0 Å². The molecule has 0 spiro atoms. The summed E-state index contributed by atoms with van der Waals surface area (Å²) in [6.45, 7) is 8.89. The maximum atomic E-state index is 14.0. The number of sulfonamides is 1. The van der Waals surface area contributed by atoms with Crippen LogP contribution in [0.3, 0.4) is 0 Å². The number of carbonyl (C=O) groups excluding carboxylic acids is 1. The minimum Gasteiger partial charge on any atom is -0.497 e. The first-order valence-electron chi connectivity index (χ1n) is 11.9. The molecule has 1 N–H and O–H groups in total. The van der Waals surface area contributed by atoms with Crippen molar-refractivity contribution in [3.8, 4) is 5.75 Å². The van der Waals surface area contributed by atoms with Gasteiger partial charge in [-0.2, -0.15) is 4.31 Å². The zero-order chi connectivity index (χ0) is 25.6. The first-order chi connectivity index (χ1) is 16.5. The molecule has 9 heteroatoms. The van der Waals surface area contributed by atoms with E-state index in [0.717, 1.165) is 18.4 Å². The Bertz CT molecular complexity index is 1060.